The van der Waals surface area contributed by atoms with Crippen LogP contribution in [0.25, 0.3) is 0 Å². The smallest absolute Gasteiger partial charge is 0.258 e. The zero-order valence-corrected chi connectivity index (χ0v) is 15.0. The Kier molecular flexibility index (Phi) is 5.56. The number of amides is 2. The van der Waals surface area contributed by atoms with Gasteiger partial charge in [-0.25, -0.2) is 0 Å². The minimum Gasteiger partial charge on any atom is -0.483 e. The molecule has 0 saturated heterocycles. The van der Waals surface area contributed by atoms with Crippen molar-refractivity contribution in [3.05, 3.63) is 64.7 Å². The van der Waals surface area contributed by atoms with Gasteiger partial charge in [-0.2, -0.15) is 0 Å². The monoisotopic (exact) mass is 352 g/mol. The zero-order valence-electron chi connectivity index (χ0n) is 15.0. The third-order valence-electron chi connectivity index (χ3n) is 4.76. The maximum absolute atomic E-state index is 12.2. The Hall–Kier alpha value is -2.82. The summed E-state index contributed by atoms with van der Waals surface area (Å²) in [6.45, 7) is 1.79. The van der Waals surface area contributed by atoms with Gasteiger partial charge in [-0.05, 0) is 61.4 Å². The van der Waals surface area contributed by atoms with E-state index in [-0.39, 0.29) is 24.1 Å². The fourth-order valence-electron chi connectivity index (χ4n) is 3.33. The number of rotatable bonds is 6. The lowest BCUT2D eigenvalue weighted by Gasteiger charge is -2.20. The van der Waals surface area contributed by atoms with Gasteiger partial charge in [0.15, 0.2) is 6.61 Å². The quantitative estimate of drug-likeness (QED) is 0.839. The topological polar surface area (TPSA) is 81.4 Å². The molecule has 2 amide bonds. The maximum Gasteiger partial charge on any atom is 0.258 e. The highest BCUT2D eigenvalue weighted by Gasteiger charge is 2.15. The number of primary amides is 1. The third-order valence-corrected chi connectivity index (χ3v) is 4.76. The van der Waals surface area contributed by atoms with Crippen molar-refractivity contribution in [2.75, 3.05) is 6.61 Å². The number of fused-ring (bicyclic) bond motifs is 1. The molecule has 5 nitrogen and oxygen atoms in total. The summed E-state index contributed by atoms with van der Waals surface area (Å²) in [7, 11) is 0. The molecule has 0 saturated carbocycles. The van der Waals surface area contributed by atoms with E-state index in [2.05, 4.69) is 23.5 Å². The molecule has 1 aliphatic rings. The molecule has 26 heavy (non-hydrogen) atoms. The number of carbonyl (C=O) groups is 2. The molecule has 136 valence electrons. The summed E-state index contributed by atoms with van der Waals surface area (Å²) < 4.78 is 5.47. The standard InChI is InChI=1S/C21H24N2O3/c1-14(16-11-10-15-6-2-3-7-17(15)12-16)23-20(24)13-26-19-9-5-4-8-18(19)21(22)25/h4-5,8-12,14H,2-3,6-7,13H2,1H3,(H2,22,25)(H,23,24)/t14-/m1/s1. The highest BCUT2D eigenvalue weighted by atomic mass is 16.5. The third kappa shape index (κ3) is 4.23. The maximum atomic E-state index is 12.2. The second-order valence-electron chi connectivity index (χ2n) is 6.67. The van der Waals surface area contributed by atoms with Crippen molar-refractivity contribution in [1.82, 2.24) is 5.32 Å². The molecular weight excluding hydrogens is 328 g/mol. The van der Waals surface area contributed by atoms with Gasteiger partial charge < -0.3 is 15.8 Å². The Labute approximate surface area is 153 Å². The molecule has 0 fully saturated rings. The lowest BCUT2D eigenvalue weighted by Crippen LogP contribution is -2.31. The highest BCUT2D eigenvalue weighted by molar-refractivity contribution is 5.95. The summed E-state index contributed by atoms with van der Waals surface area (Å²) in [5.41, 5.74) is 9.49. The number of benzene rings is 2. The number of carbonyl (C=O) groups excluding carboxylic acids is 2. The lowest BCUT2D eigenvalue weighted by atomic mass is 9.89. The average molecular weight is 352 g/mol. The van der Waals surface area contributed by atoms with Crippen molar-refractivity contribution < 1.29 is 14.3 Å². The fraction of sp³-hybridized carbons (Fsp3) is 0.333. The van der Waals surface area contributed by atoms with E-state index in [1.54, 1.807) is 24.3 Å². The lowest BCUT2D eigenvalue weighted by molar-refractivity contribution is -0.123. The molecule has 0 aromatic heterocycles. The molecule has 1 atom stereocenters. The van der Waals surface area contributed by atoms with E-state index < -0.39 is 5.91 Å². The number of hydrogen-bond donors (Lipinski definition) is 2. The van der Waals surface area contributed by atoms with Crippen molar-refractivity contribution in [3.8, 4) is 5.75 Å². The number of hydrogen-bond acceptors (Lipinski definition) is 3. The Morgan fingerprint density at radius 2 is 1.85 bits per heavy atom. The zero-order chi connectivity index (χ0) is 18.5. The predicted molar refractivity (Wildman–Crippen MR) is 100 cm³/mol. The molecular formula is C21H24N2O3. The molecule has 3 rings (SSSR count). The Morgan fingerprint density at radius 1 is 1.12 bits per heavy atom. The van der Waals surface area contributed by atoms with Crippen LogP contribution in [0.3, 0.4) is 0 Å². The number of para-hydroxylation sites is 1. The van der Waals surface area contributed by atoms with Crippen LogP contribution in [0.2, 0.25) is 0 Å². The molecule has 0 radical (unpaired) electrons. The Bertz CT molecular complexity index is 817. The van der Waals surface area contributed by atoms with Crippen LogP contribution in [0.5, 0.6) is 5.75 Å². The first-order chi connectivity index (χ1) is 12.5. The largest absolute Gasteiger partial charge is 0.483 e. The van der Waals surface area contributed by atoms with Crippen molar-refractivity contribution in [3.63, 3.8) is 0 Å². The average Bonchev–Trinajstić information content (AvgIpc) is 2.66. The van der Waals surface area contributed by atoms with Gasteiger partial charge in [-0.15, -0.1) is 0 Å². The number of aryl methyl sites for hydroxylation is 2. The molecule has 0 aliphatic heterocycles. The summed E-state index contributed by atoms with van der Waals surface area (Å²) >= 11 is 0. The molecule has 0 heterocycles. The van der Waals surface area contributed by atoms with E-state index in [1.807, 2.05) is 6.92 Å². The van der Waals surface area contributed by atoms with Crippen molar-refractivity contribution in [2.45, 2.75) is 38.6 Å². The Balaban J connectivity index is 1.59. The van der Waals surface area contributed by atoms with Crippen LogP contribution in [0.15, 0.2) is 42.5 Å². The number of ether oxygens (including phenoxy) is 1. The molecule has 5 heteroatoms. The minimum absolute atomic E-state index is 0.107. The molecule has 0 bridgehead atoms. The summed E-state index contributed by atoms with van der Waals surface area (Å²) in [5, 5.41) is 2.94. The summed E-state index contributed by atoms with van der Waals surface area (Å²) in [6.07, 6.45) is 4.73. The first-order valence-electron chi connectivity index (χ1n) is 8.97. The van der Waals surface area contributed by atoms with Crippen LogP contribution in [0, 0.1) is 0 Å². The molecule has 3 N–H and O–H groups in total. The van der Waals surface area contributed by atoms with E-state index in [9.17, 15) is 9.59 Å². The Morgan fingerprint density at radius 3 is 2.62 bits per heavy atom. The summed E-state index contributed by atoms with van der Waals surface area (Å²) in [4.78, 5) is 23.6. The van der Waals surface area contributed by atoms with Crippen molar-refractivity contribution in [1.29, 1.82) is 0 Å². The van der Waals surface area contributed by atoms with Crippen LogP contribution in [-0.4, -0.2) is 18.4 Å². The normalized spacial score (nSPS) is 14.2. The molecule has 1 aliphatic carbocycles. The highest BCUT2D eigenvalue weighted by Crippen LogP contribution is 2.24. The van der Waals surface area contributed by atoms with Gasteiger partial charge in [-0.3, -0.25) is 9.59 Å². The minimum atomic E-state index is -0.580. The van der Waals surface area contributed by atoms with Crippen LogP contribution >= 0.6 is 0 Å². The molecule has 0 unspecified atom stereocenters. The van der Waals surface area contributed by atoms with Gasteiger partial charge in [0.1, 0.15) is 5.75 Å². The van der Waals surface area contributed by atoms with Crippen LogP contribution < -0.4 is 15.8 Å². The molecule has 2 aromatic carbocycles. The summed E-state index contributed by atoms with van der Waals surface area (Å²) in [5.74, 6) is -0.505. The van der Waals surface area contributed by atoms with Crippen LogP contribution in [-0.2, 0) is 17.6 Å². The van der Waals surface area contributed by atoms with E-state index in [0.29, 0.717) is 5.75 Å². The first-order valence-corrected chi connectivity index (χ1v) is 8.97. The number of nitrogens with one attached hydrogen (secondary N) is 1. The van der Waals surface area contributed by atoms with E-state index in [0.717, 1.165) is 18.4 Å². The van der Waals surface area contributed by atoms with Crippen LogP contribution in [0.4, 0.5) is 0 Å². The van der Waals surface area contributed by atoms with Gasteiger partial charge in [0.05, 0.1) is 11.6 Å². The SMILES string of the molecule is C[C@@H](NC(=O)COc1ccccc1C(N)=O)c1ccc2c(c1)CCCC2. The molecule has 2 aromatic rings. The first kappa shape index (κ1) is 18.0. The van der Waals surface area contributed by atoms with Gasteiger partial charge in [0.2, 0.25) is 0 Å². The molecule has 0 spiro atoms. The van der Waals surface area contributed by atoms with Crippen molar-refractivity contribution in [2.24, 2.45) is 5.73 Å². The van der Waals surface area contributed by atoms with E-state index >= 15 is 0 Å². The van der Waals surface area contributed by atoms with Crippen molar-refractivity contribution >= 4 is 11.8 Å². The predicted octanol–water partition coefficient (Wildman–Crippen LogP) is 2.92. The summed E-state index contributed by atoms with van der Waals surface area (Å²) in [6, 6.07) is 13.0. The van der Waals surface area contributed by atoms with E-state index in [4.69, 9.17) is 10.5 Å². The van der Waals surface area contributed by atoms with Gasteiger partial charge >= 0.3 is 0 Å². The number of nitrogens with two attached hydrogens (primary N) is 1. The van der Waals surface area contributed by atoms with Crippen LogP contribution in [0.1, 0.15) is 52.9 Å². The second-order valence-corrected chi connectivity index (χ2v) is 6.67. The van der Waals surface area contributed by atoms with E-state index in [1.165, 1.54) is 24.0 Å². The second kappa shape index (κ2) is 8.04. The fourth-order valence-corrected chi connectivity index (χ4v) is 3.33. The van der Waals surface area contributed by atoms with Gasteiger partial charge in [0, 0.05) is 0 Å². The van der Waals surface area contributed by atoms with Gasteiger partial charge in [0.25, 0.3) is 11.8 Å². The van der Waals surface area contributed by atoms with Gasteiger partial charge in [-0.1, -0.05) is 30.3 Å².